The average Bonchev–Trinajstić information content (AvgIpc) is 3.04. The molecule has 0 aliphatic carbocycles. The maximum absolute atomic E-state index is 12.2. The van der Waals surface area contributed by atoms with Crippen molar-refractivity contribution >= 4 is 5.91 Å². The lowest BCUT2D eigenvalue weighted by Crippen LogP contribution is -2.31. The van der Waals surface area contributed by atoms with Crippen LogP contribution in [-0.2, 0) is 4.79 Å². The Morgan fingerprint density at radius 2 is 2.50 bits per heavy atom. The molecule has 1 aliphatic rings. The molecule has 0 aromatic carbocycles. The van der Waals surface area contributed by atoms with Crippen molar-refractivity contribution in [3.63, 3.8) is 0 Å². The predicted octanol–water partition coefficient (Wildman–Crippen LogP) is 2.05. The van der Waals surface area contributed by atoms with Crippen molar-refractivity contribution in [2.24, 2.45) is 11.7 Å². The van der Waals surface area contributed by atoms with E-state index in [1.807, 2.05) is 17.2 Å². The second-order valence-corrected chi connectivity index (χ2v) is 5.25. The van der Waals surface area contributed by atoms with E-state index in [1.165, 1.54) is 0 Å². The van der Waals surface area contributed by atoms with Crippen LogP contribution >= 0.6 is 0 Å². The first kappa shape index (κ1) is 13.1. The number of carbonyl (C=O) groups is 1. The highest BCUT2D eigenvalue weighted by Gasteiger charge is 2.30. The molecule has 1 amide bonds. The van der Waals surface area contributed by atoms with Gasteiger partial charge in [0.05, 0.1) is 6.04 Å². The van der Waals surface area contributed by atoms with Gasteiger partial charge in [-0.3, -0.25) is 4.79 Å². The van der Waals surface area contributed by atoms with E-state index in [0.717, 1.165) is 31.5 Å². The largest absolute Gasteiger partial charge is 0.363 e. The molecule has 1 aromatic heterocycles. The van der Waals surface area contributed by atoms with Gasteiger partial charge in [-0.2, -0.15) is 0 Å². The average molecular weight is 249 g/mol. The summed E-state index contributed by atoms with van der Waals surface area (Å²) in [5.41, 5.74) is 6.75. The molecule has 18 heavy (non-hydrogen) atoms. The summed E-state index contributed by atoms with van der Waals surface area (Å²) in [5, 5.41) is 0. The van der Waals surface area contributed by atoms with Gasteiger partial charge in [-0.05, 0) is 43.9 Å². The van der Waals surface area contributed by atoms with Gasteiger partial charge < -0.3 is 15.6 Å². The molecule has 100 valence electrons. The Labute approximate surface area is 109 Å². The number of likely N-dealkylation sites (tertiary alicyclic amines) is 1. The molecule has 0 radical (unpaired) electrons. The van der Waals surface area contributed by atoms with Crippen molar-refractivity contribution in [2.45, 2.75) is 38.6 Å². The van der Waals surface area contributed by atoms with Gasteiger partial charge in [-0.1, -0.05) is 6.92 Å². The van der Waals surface area contributed by atoms with Crippen LogP contribution < -0.4 is 5.73 Å². The van der Waals surface area contributed by atoms with Crippen molar-refractivity contribution < 1.29 is 4.79 Å². The van der Waals surface area contributed by atoms with E-state index in [4.69, 9.17) is 5.73 Å². The minimum Gasteiger partial charge on any atom is -0.363 e. The number of nitrogens with two attached hydrogens (primary N) is 1. The first-order valence-electron chi connectivity index (χ1n) is 6.85. The second kappa shape index (κ2) is 6.05. The topological polar surface area (TPSA) is 62.1 Å². The van der Waals surface area contributed by atoms with Gasteiger partial charge in [0.1, 0.15) is 0 Å². The number of carbonyl (C=O) groups excluding carboxylic acids is 1. The smallest absolute Gasteiger partial charge is 0.223 e. The lowest BCUT2D eigenvalue weighted by molar-refractivity contribution is -0.132. The lowest BCUT2D eigenvalue weighted by Gasteiger charge is -2.24. The summed E-state index contributed by atoms with van der Waals surface area (Å²) >= 11 is 0. The quantitative estimate of drug-likeness (QED) is 0.839. The van der Waals surface area contributed by atoms with E-state index in [0.29, 0.717) is 18.9 Å². The van der Waals surface area contributed by atoms with E-state index < -0.39 is 0 Å². The predicted molar refractivity (Wildman–Crippen MR) is 71.9 cm³/mol. The molecule has 2 heterocycles. The highest BCUT2D eigenvalue weighted by atomic mass is 16.2. The summed E-state index contributed by atoms with van der Waals surface area (Å²) in [6.45, 7) is 3.65. The van der Waals surface area contributed by atoms with Crippen LogP contribution in [0.5, 0.6) is 0 Å². The molecule has 2 rings (SSSR count). The Hall–Kier alpha value is -1.29. The number of aromatic nitrogens is 1. The molecule has 1 fully saturated rings. The summed E-state index contributed by atoms with van der Waals surface area (Å²) in [4.78, 5) is 17.5. The fourth-order valence-electron chi connectivity index (χ4n) is 2.57. The first-order chi connectivity index (χ1) is 8.72. The minimum atomic E-state index is 0.251. The number of H-pyrrole nitrogens is 1. The normalized spacial score (nSPS) is 21.2. The van der Waals surface area contributed by atoms with Gasteiger partial charge in [0, 0.05) is 24.9 Å². The summed E-state index contributed by atoms with van der Waals surface area (Å²) in [6.07, 6.45) is 5.60. The zero-order chi connectivity index (χ0) is 13.0. The van der Waals surface area contributed by atoms with Crippen LogP contribution in [0.1, 0.15) is 44.3 Å². The Kier molecular flexibility index (Phi) is 4.42. The second-order valence-electron chi connectivity index (χ2n) is 5.25. The zero-order valence-corrected chi connectivity index (χ0v) is 11.1. The molecule has 1 aromatic rings. The zero-order valence-electron chi connectivity index (χ0n) is 11.1. The standard InChI is InChI=1S/C14H23N3O/c1-11(10-15)6-7-14(18)17-9-3-5-13(17)12-4-2-8-16-12/h2,4,8,11,13,16H,3,5-7,9-10,15H2,1H3. The van der Waals surface area contributed by atoms with Crippen molar-refractivity contribution in [1.29, 1.82) is 0 Å². The van der Waals surface area contributed by atoms with Crippen LogP contribution in [0.25, 0.3) is 0 Å². The number of hydrogen-bond acceptors (Lipinski definition) is 2. The third-order valence-electron chi connectivity index (χ3n) is 3.81. The SMILES string of the molecule is CC(CN)CCC(=O)N1CCCC1c1ccc[nH]1. The third kappa shape index (κ3) is 2.93. The van der Waals surface area contributed by atoms with Crippen molar-refractivity contribution in [2.75, 3.05) is 13.1 Å². The molecule has 1 saturated heterocycles. The third-order valence-corrected chi connectivity index (χ3v) is 3.81. The Morgan fingerprint density at radius 1 is 1.67 bits per heavy atom. The fourth-order valence-corrected chi connectivity index (χ4v) is 2.57. The first-order valence-corrected chi connectivity index (χ1v) is 6.85. The van der Waals surface area contributed by atoms with Crippen LogP contribution in [0.3, 0.4) is 0 Å². The minimum absolute atomic E-state index is 0.251. The van der Waals surface area contributed by atoms with Gasteiger partial charge >= 0.3 is 0 Å². The van der Waals surface area contributed by atoms with Crippen LogP contribution in [0, 0.1) is 5.92 Å². The van der Waals surface area contributed by atoms with E-state index in [9.17, 15) is 4.79 Å². The van der Waals surface area contributed by atoms with Crippen LogP contribution in [0.4, 0.5) is 0 Å². The number of hydrogen-bond donors (Lipinski definition) is 2. The molecule has 0 saturated carbocycles. The number of aromatic amines is 1. The molecule has 1 aliphatic heterocycles. The van der Waals surface area contributed by atoms with E-state index in [-0.39, 0.29) is 11.9 Å². The van der Waals surface area contributed by atoms with Crippen LogP contribution in [-0.4, -0.2) is 28.9 Å². The van der Waals surface area contributed by atoms with Gasteiger partial charge in [0.2, 0.25) is 5.91 Å². The van der Waals surface area contributed by atoms with Gasteiger partial charge in [-0.25, -0.2) is 0 Å². The fraction of sp³-hybridized carbons (Fsp3) is 0.643. The van der Waals surface area contributed by atoms with Crippen molar-refractivity contribution in [3.8, 4) is 0 Å². The summed E-state index contributed by atoms with van der Waals surface area (Å²) in [5.74, 6) is 0.702. The van der Waals surface area contributed by atoms with Crippen molar-refractivity contribution in [1.82, 2.24) is 9.88 Å². The van der Waals surface area contributed by atoms with E-state index in [1.54, 1.807) is 0 Å². The maximum atomic E-state index is 12.2. The van der Waals surface area contributed by atoms with Crippen molar-refractivity contribution in [3.05, 3.63) is 24.0 Å². The summed E-state index contributed by atoms with van der Waals surface area (Å²) in [7, 11) is 0. The summed E-state index contributed by atoms with van der Waals surface area (Å²) < 4.78 is 0. The molecule has 4 nitrogen and oxygen atoms in total. The van der Waals surface area contributed by atoms with Gasteiger partial charge in [0.15, 0.2) is 0 Å². The Bertz CT molecular complexity index is 374. The Morgan fingerprint density at radius 3 is 3.17 bits per heavy atom. The number of rotatable bonds is 5. The molecular weight excluding hydrogens is 226 g/mol. The van der Waals surface area contributed by atoms with E-state index in [2.05, 4.69) is 18.0 Å². The molecule has 0 spiro atoms. The molecule has 4 heteroatoms. The van der Waals surface area contributed by atoms with Crippen LogP contribution in [0.2, 0.25) is 0 Å². The highest BCUT2D eigenvalue weighted by molar-refractivity contribution is 5.77. The Balaban J connectivity index is 1.93. The highest BCUT2D eigenvalue weighted by Crippen LogP contribution is 2.31. The molecule has 2 unspecified atom stereocenters. The molecular formula is C14H23N3O. The van der Waals surface area contributed by atoms with Crippen LogP contribution in [0.15, 0.2) is 18.3 Å². The number of amides is 1. The number of nitrogens with zero attached hydrogens (tertiary/aromatic N) is 1. The maximum Gasteiger partial charge on any atom is 0.223 e. The van der Waals surface area contributed by atoms with E-state index >= 15 is 0 Å². The monoisotopic (exact) mass is 249 g/mol. The lowest BCUT2D eigenvalue weighted by atomic mass is 10.1. The summed E-state index contributed by atoms with van der Waals surface area (Å²) in [6, 6.07) is 4.31. The molecule has 2 atom stereocenters. The molecule has 0 bridgehead atoms. The van der Waals surface area contributed by atoms with Gasteiger partial charge in [-0.15, -0.1) is 0 Å². The molecule has 3 N–H and O–H groups in total. The number of nitrogens with one attached hydrogen (secondary N) is 1. The van der Waals surface area contributed by atoms with Gasteiger partial charge in [0.25, 0.3) is 0 Å².